The number of amides is 1. The minimum atomic E-state index is 0.0250. The molecule has 0 atom stereocenters. The monoisotopic (exact) mass is 396 g/mol. The maximum atomic E-state index is 12.5. The van der Waals surface area contributed by atoms with Crippen molar-refractivity contribution in [2.24, 2.45) is 0 Å². The van der Waals surface area contributed by atoms with Crippen molar-refractivity contribution in [3.8, 4) is 0 Å². The van der Waals surface area contributed by atoms with Gasteiger partial charge in [0, 0.05) is 26.2 Å². The van der Waals surface area contributed by atoms with Crippen LogP contribution >= 0.6 is 11.3 Å². The second-order valence-electron chi connectivity index (χ2n) is 7.67. The molecular formula is C20H24N6OS. The van der Waals surface area contributed by atoms with Crippen LogP contribution in [0.4, 0.5) is 0 Å². The summed E-state index contributed by atoms with van der Waals surface area (Å²) >= 11 is 1.78. The van der Waals surface area contributed by atoms with Crippen molar-refractivity contribution in [2.75, 3.05) is 26.2 Å². The van der Waals surface area contributed by atoms with Gasteiger partial charge in [-0.25, -0.2) is 9.67 Å². The Morgan fingerprint density at radius 2 is 1.89 bits per heavy atom. The highest BCUT2D eigenvalue weighted by Crippen LogP contribution is 2.26. The third kappa shape index (κ3) is 3.54. The van der Waals surface area contributed by atoms with Crippen LogP contribution in [0.1, 0.15) is 47.2 Å². The molecule has 0 saturated carbocycles. The molecule has 1 aromatic carbocycles. The van der Waals surface area contributed by atoms with Crippen LogP contribution in [0.15, 0.2) is 30.5 Å². The molecule has 0 unspecified atom stereocenters. The number of carbonyl (C=O) groups is 1. The van der Waals surface area contributed by atoms with Crippen LogP contribution < -0.4 is 0 Å². The molecule has 0 radical (unpaired) electrons. The molecule has 28 heavy (non-hydrogen) atoms. The summed E-state index contributed by atoms with van der Waals surface area (Å²) in [4.78, 5) is 21.6. The number of rotatable bonds is 4. The molecule has 3 aromatic rings. The normalized spacial score (nSPS) is 18.9. The zero-order valence-corrected chi connectivity index (χ0v) is 16.6. The smallest absolute Gasteiger partial charge is 0.276 e. The molecule has 2 fully saturated rings. The average molecular weight is 397 g/mol. The van der Waals surface area contributed by atoms with Crippen molar-refractivity contribution in [1.29, 1.82) is 0 Å². The number of carbonyl (C=O) groups excluding carboxylic acids is 1. The van der Waals surface area contributed by atoms with Gasteiger partial charge in [-0.3, -0.25) is 9.69 Å². The van der Waals surface area contributed by atoms with Crippen molar-refractivity contribution >= 4 is 27.5 Å². The Morgan fingerprint density at radius 1 is 1.11 bits per heavy atom. The lowest BCUT2D eigenvalue weighted by atomic mass is 10.1. The van der Waals surface area contributed by atoms with Gasteiger partial charge >= 0.3 is 0 Å². The molecular weight excluding hydrogens is 372 g/mol. The van der Waals surface area contributed by atoms with Crippen molar-refractivity contribution < 1.29 is 4.79 Å². The van der Waals surface area contributed by atoms with Gasteiger partial charge in [-0.15, -0.1) is 16.4 Å². The third-order valence-corrected chi connectivity index (χ3v) is 6.77. The summed E-state index contributed by atoms with van der Waals surface area (Å²) in [7, 11) is 0. The lowest BCUT2D eigenvalue weighted by Gasteiger charge is -2.31. The first-order valence-corrected chi connectivity index (χ1v) is 10.9. The van der Waals surface area contributed by atoms with E-state index in [4.69, 9.17) is 4.98 Å². The number of piperidine rings is 1. The van der Waals surface area contributed by atoms with E-state index in [9.17, 15) is 4.79 Å². The van der Waals surface area contributed by atoms with Crippen LogP contribution in [0.3, 0.4) is 0 Å². The molecule has 7 nitrogen and oxygen atoms in total. The molecule has 2 saturated heterocycles. The van der Waals surface area contributed by atoms with E-state index >= 15 is 0 Å². The van der Waals surface area contributed by atoms with E-state index in [-0.39, 0.29) is 5.91 Å². The van der Waals surface area contributed by atoms with Crippen LogP contribution in [0.25, 0.3) is 10.2 Å². The SMILES string of the molecule is O=C(c1cn(C2CCN(Cc3nc4ccccc4s3)CC2)nn1)N1CCCC1. The summed E-state index contributed by atoms with van der Waals surface area (Å²) in [6.45, 7) is 4.61. The Balaban J connectivity index is 1.18. The average Bonchev–Trinajstić information content (AvgIpc) is 3.47. The first kappa shape index (κ1) is 17.8. The number of fused-ring (bicyclic) bond motifs is 1. The summed E-state index contributed by atoms with van der Waals surface area (Å²) in [5.74, 6) is 0.0250. The number of thiazole rings is 1. The van der Waals surface area contributed by atoms with E-state index in [1.165, 1.54) is 9.71 Å². The second kappa shape index (κ2) is 7.60. The molecule has 5 rings (SSSR count). The first-order valence-electron chi connectivity index (χ1n) is 10.0. The van der Waals surface area contributed by atoms with E-state index in [1.807, 2.05) is 21.8 Å². The van der Waals surface area contributed by atoms with Gasteiger partial charge in [0.05, 0.1) is 29.0 Å². The first-order chi connectivity index (χ1) is 13.8. The molecule has 0 spiro atoms. The highest BCUT2D eigenvalue weighted by molar-refractivity contribution is 7.18. The van der Waals surface area contributed by atoms with Gasteiger partial charge in [-0.05, 0) is 37.8 Å². The topological polar surface area (TPSA) is 67.2 Å². The van der Waals surface area contributed by atoms with E-state index in [2.05, 4.69) is 33.4 Å². The Labute approximate surface area is 168 Å². The zero-order chi connectivity index (χ0) is 18.9. The van der Waals surface area contributed by atoms with Crippen LogP contribution in [-0.4, -0.2) is 61.9 Å². The van der Waals surface area contributed by atoms with Gasteiger partial charge in [0.25, 0.3) is 5.91 Å². The van der Waals surface area contributed by atoms with E-state index in [1.54, 1.807) is 11.3 Å². The van der Waals surface area contributed by atoms with E-state index in [0.717, 1.165) is 63.9 Å². The van der Waals surface area contributed by atoms with Crippen molar-refractivity contribution in [2.45, 2.75) is 38.3 Å². The minimum absolute atomic E-state index is 0.0250. The maximum Gasteiger partial charge on any atom is 0.276 e. The number of nitrogens with zero attached hydrogens (tertiary/aromatic N) is 6. The standard InChI is InChI=1S/C20H24N6OS/c27-20(25-9-3-4-10-25)17-13-26(23-22-17)15-7-11-24(12-8-15)14-19-21-16-5-1-2-6-18(16)28-19/h1-2,5-6,13,15H,3-4,7-12,14H2. The second-order valence-corrected chi connectivity index (χ2v) is 8.78. The summed E-state index contributed by atoms with van der Waals surface area (Å²) in [5, 5.41) is 9.59. The highest BCUT2D eigenvalue weighted by Gasteiger charge is 2.26. The number of aromatic nitrogens is 4. The lowest BCUT2D eigenvalue weighted by molar-refractivity contribution is 0.0787. The molecule has 8 heteroatoms. The summed E-state index contributed by atoms with van der Waals surface area (Å²) in [6.07, 6.45) is 6.06. The molecule has 1 amide bonds. The fraction of sp³-hybridized carbons (Fsp3) is 0.500. The summed E-state index contributed by atoms with van der Waals surface area (Å²) in [6, 6.07) is 8.63. The number of likely N-dealkylation sites (tertiary alicyclic amines) is 2. The number of benzene rings is 1. The molecule has 4 heterocycles. The molecule has 0 N–H and O–H groups in total. The molecule has 0 bridgehead atoms. The van der Waals surface area contributed by atoms with Crippen LogP contribution in [-0.2, 0) is 6.54 Å². The third-order valence-electron chi connectivity index (χ3n) is 5.75. The van der Waals surface area contributed by atoms with Crippen molar-refractivity contribution in [3.63, 3.8) is 0 Å². The van der Waals surface area contributed by atoms with Gasteiger partial charge in [0.2, 0.25) is 0 Å². The maximum absolute atomic E-state index is 12.5. The number of hydrogen-bond acceptors (Lipinski definition) is 6. The van der Waals surface area contributed by atoms with Gasteiger partial charge in [0.1, 0.15) is 5.01 Å². The van der Waals surface area contributed by atoms with Crippen molar-refractivity contribution in [3.05, 3.63) is 41.2 Å². The van der Waals surface area contributed by atoms with Gasteiger partial charge in [0.15, 0.2) is 5.69 Å². The van der Waals surface area contributed by atoms with E-state index < -0.39 is 0 Å². The Kier molecular flexibility index (Phi) is 4.82. The van der Waals surface area contributed by atoms with Crippen LogP contribution in [0.5, 0.6) is 0 Å². The largest absolute Gasteiger partial charge is 0.337 e. The molecule has 2 aliphatic rings. The highest BCUT2D eigenvalue weighted by atomic mass is 32.1. The summed E-state index contributed by atoms with van der Waals surface area (Å²) in [5.41, 5.74) is 1.58. The Hall–Kier alpha value is -2.32. The predicted molar refractivity (Wildman–Crippen MR) is 108 cm³/mol. The number of hydrogen-bond donors (Lipinski definition) is 0. The molecule has 2 aliphatic heterocycles. The summed E-state index contributed by atoms with van der Waals surface area (Å²) < 4.78 is 3.16. The predicted octanol–water partition coefficient (Wildman–Crippen LogP) is 2.96. The Bertz CT molecular complexity index is 935. The fourth-order valence-electron chi connectivity index (χ4n) is 4.16. The number of para-hydroxylation sites is 1. The zero-order valence-electron chi connectivity index (χ0n) is 15.8. The molecule has 0 aliphatic carbocycles. The quantitative estimate of drug-likeness (QED) is 0.678. The fourth-order valence-corrected chi connectivity index (χ4v) is 5.17. The van der Waals surface area contributed by atoms with Crippen molar-refractivity contribution in [1.82, 2.24) is 29.8 Å². The minimum Gasteiger partial charge on any atom is -0.337 e. The Morgan fingerprint density at radius 3 is 2.68 bits per heavy atom. The van der Waals surface area contributed by atoms with Gasteiger partial charge in [-0.1, -0.05) is 17.3 Å². The molecule has 2 aromatic heterocycles. The van der Waals surface area contributed by atoms with Gasteiger partial charge < -0.3 is 4.90 Å². The van der Waals surface area contributed by atoms with E-state index in [0.29, 0.717) is 11.7 Å². The lowest BCUT2D eigenvalue weighted by Crippen LogP contribution is -2.34. The van der Waals surface area contributed by atoms with Crippen LogP contribution in [0.2, 0.25) is 0 Å². The van der Waals surface area contributed by atoms with Gasteiger partial charge in [-0.2, -0.15) is 0 Å². The van der Waals surface area contributed by atoms with Crippen LogP contribution in [0, 0.1) is 0 Å². The molecule has 146 valence electrons.